The molecule has 30 heavy (non-hydrogen) atoms. The number of terminal acetylenes is 1. The topological polar surface area (TPSA) is 21.1 Å². The van der Waals surface area contributed by atoms with Gasteiger partial charge in [0.05, 0.1) is 5.52 Å². The quantitative estimate of drug-likeness (QED) is 0.445. The second kappa shape index (κ2) is 7.39. The molecule has 3 nitrogen and oxygen atoms in total. The van der Waals surface area contributed by atoms with E-state index in [0.717, 1.165) is 31.9 Å². The lowest BCUT2D eigenvalue weighted by Gasteiger charge is -2.31. The molecule has 3 heterocycles. The Morgan fingerprint density at radius 3 is 2.50 bits per heavy atom. The van der Waals surface area contributed by atoms with Gasteiger partial charge in [-0.25, -0.2) is 4.98 Å². The number of pyridine rings is 1. The van der Waals surface area contributed by atoms with Gasteiger partial charge < -0.3 is 9.47 Å². The molecule has 0 amide bonds. The van der Waals surface area contributed by atoms with Gasteiger partial charge in [0, 0.05) is 30.7 Å². The largest absolute Gasteiger partial charge is 0.350 e. The first kappa shape index (κ1) is 18.5. The summed E-state index contributed by atoms with van der Waals surface area (Å²) in [6.45, 7) is 7.02. The molecule has 0 atom stereocenters. The fraction of sp³-hybridized carbons (Fsp3) is 0.222. The van der Waals surface area contributed by atoms with Crippen LogP contribution in [0.2, 0.25) is 0 Å². The minimum Gasteiger partial charge on any atom is -0.350 e. The second-order valence-corrected chi connectivity index (χ2v) is 8.09. The van der Waals surface area contributed by atoms with E-state index in [1.807, 2.05) is 0 Å². The minimum absolute atomic E-state index is 0.705. The fourth-order valence-corrected chi connectivity index (χ4v) is 4.58. The number of fused-ring (bicyclic) bond motifs is 2. The van der Waals surface area contributed by atoms with Crippen molar-refractivity contribution in [2.45, 2.75) is 33.4 Å². The van der Waals surface area contributed by atoms with Crippen molar-refractivity contribution in [1.29, 1.82) is 0 Å². The van der Waals surface area contributed by atoms with Crippen LogP contribution in [0.1, 0.15) is 33.6 Å². The van der Waals surface area contributed by atoms with Crippen LogP contribution >= 0.6 is 0 Å². The van der Waals surface area contributed by atoms with E-state index in [1.165, 1.54) is 38.9 Å². The molecule has 1 aliphatic heterocycles. The normalized spacial score (nSPS) is 13.3. The van der Waals surface area contributed by atoms with Gasteiger partial charge in [-0.3, -0.25) is 0 Å². The molecule has 5 rings (SSSR count). The number of rotatable bonds is 3. The molecular formula is C27H25N3. The molecule has 0 saturated heterocycles. The zero-order chi connectivity index (χ0) is 20.7. The van der Waals surface area contributed by atoms with E-state index in [4.69, 9.17) is 11.4 Å². The molecule has 0 fully saturated rings. The van der Waals surface area contributed by atoms with Crippen LogP contribution in [0, 0.1) is 26.2 Å². The van der Waals surface area contributed by atoms with Crippen LogP contribution in [0.15, 0.2) is 60.7 Å². The van der Waals surface area contributed by atoms with Crippen molar-refractivity contribution in [2.24, 2.45) is 0 Å². The number of aromatic nitrogens is 2. The Bertz CT molecular complexity index is 1280. The number of nitrogens with zero attached hydrogens (tertiary/aromatic N) is 3. The van der Waals surface area contributed by atoms with Gasteiger partial charge in [-0.15, -0.1) is 6.42 Å². The molecule has 0 saturated carbocycles. The standard InChI is InChI=1S/C27H25N3/c1-4-24-16-25-19(2)20(3)30(17-21-10-6-5-7-11-21)26(25)27(28-24)29-15-14-22-12-8-9-13-23(22)18-29/h1,5-13,16H,14-15,17-18H2,2-3H3. The molecule has 148 valence electrons. The minimum atomic E-state index is 0.705. The summed E-state index contributed by atoms with van der Waals surface area (Å²) in [6, 6.07) is 21.4. The Hall–Kier alpha value is -3.51. The lowest BCUT2D eigenvalue weighted by molar-refractivity contribution is 0.717. The summed E-state index contributed by atoms with van der Waals surface area (Å²) in [6.07, 6.45) is 6.82. The van der Waals surface area contributed by atoms with Gasteiger partial charge in [0.25, 0.3) is 0 Å². The van der Waals surface area contributed by atoms with Gasteiger partial charge in [0.2, 0.25) is 0 Å². The molecule has 0 bridgehead atoms. The molecule has 4 aromatic rings. The van der Waals surface area contributed by atoms with Crippen LogP contribution in [0.5, 0.6) is 0 Å². The van der Waals surface area contributed by atoms with E-state index < -0.39 is 0 Å². The van der Waals surface area contributed by atoms with Crippen LogP contribution in [-0.2, 0) is 19.5 Å². The summed E-state index contributed by atoms with van der Waals surface area (Å²) >= 11 is 0. The number of hydrogen-bond acceptors (Lipinski definition) is 2. The Labute approximate surface area is 178 Å². The SMILES string of the molecule is C#Cc1cc2c(C)c(C)n(Cc3ccccc3)c2c(N2CCc3ccccc3C2)n1. The third-order valence-corrected chi connectivity index (χ3v) is 6.36. The Morgan fingerprint density at radius 2 is 1.73 bits per heavy atom. The summed E-state index contributed by atoms with van der Waals surface area (Å²) < 4.78 is 2.41. The average Bonchev–Trinajstić information content (AvgIpc) is 3.03. The highest BCUT2D eigenvalue weighted by molar-refractivity contribution is 5.94. The third kappa shape index (κ3) is 3.06. The Morgan fingerprint density at radius 1 is 1.00 bits per heavy atom. The highest BCUT2D eigenvalue weighted by Crippen LogP contribution is 2.35. The van der Waals surface area contributed by atoms with E-state index in [0.29, 0.717) is 5.69 Å². The van der Waals surface area contributed by atoms with Gasteiger partial charge in [0.15, 0.2) is 5.82 Å². The fourth-order valence-electron chi connectivity index (χ4n) is 4.58. The average molecular weight is 392 g/mol. The van der Waals surface area contributed by atoms with Crippen LogP contribution in [-0.4, -0.2) is 16.1 Å². The van der Waals surface area contributed by atoms with E-state index in [-0.39, 0.29) is 0 Å². The predicted molar refractivity (Wildman–Crippen MR) is 124 cm³/mol. The maximum absolute atomic E-state index is 5.80. The Kier molecular flexibility index (Phi) is 4.56. The van der Waals surface area contributed by atoms with Crippen molar-refractivity contribution in [3.63, 3.8) is 0 Å². The van der Waals surface area contributed by atoms with Crippen molar-refractivity contribution in [2.75, 3.05) is 11.4 Å². The zero-order valence-corrected chi connectivity index (χ0v) is 17.5. The van der Waals surface area contributed by atoms with Gasteiger partial charge in [0.1, 0.15) is 5.69 Å². The summed E-state index contributed by atoms with van der Waals surface area (Å²) in [5, 5.41) is 1.21. The summed E-state index contributed by atoms with van der Waals surface area (Å²) in [5.74, 6) is 3.78. The van der Waals surface area contributed by atoms with Crippen molar-refractivity contribution >= 4 is 16.7 Å². The molecule has 1 aliphatic rings. The molecule has 0 aliphatic carbocycles. The second-order valence-electron chi connectivity index (χ2n) is 8.09. The first-order chi connectivity index (χ1) is 14.7. The van der Waals surface area contributed by atoms with E-state index in [9.17, 15) is 0 Å². The van der Waals surface area contributed by atoms with Crippen LogP contribution in [0.3, 0.4) is 0 Å². The highest BCUT2D eigenvalue weighted by Gasteiger charge is 2.23. The number of benzene rings is 2. The van der Waals surface area contributed by atoms with E-state index in [1.54, 1.807) is 0 Å². The smallest absolute Gasteiger partial charge is 0.154 e. The van der Waals surface area contributed by atoms with Gasteiger partial charge >= 0.3 is 0 Å². The van der Waals surface area contributed by atoms with E-state index in [2.05, 4.69) is 89.9 Å². The van der Waals surface area contributed by atoms with Crippen molar-refractivity contribution in [1.82, 2.24) is 9.55 Å². The van der Waals surface area contributed by atoms with Crippen molar-refractivity contribution in [3.05, 3.63) is 94.3 Å². The molecular weight excluding hydrogens is 366 g/mol. The van der Waals surface area contributed by atoms with Gasteiger partial charge in [-0.05, 0) is 48.6 Å². The van der Waals surface area contributed by atoms with Crippen molar-refractivity contribution < 1.29 is 0 Å². The molecule has 0 unspecified atom stereocenters. The van der Waals surface area contributed by atoms with E-state index >= 15 is 0 Å². The van der Waals surface area contributed by atoms with Crippen LogP contribution < -0.4 is 4.90 Å². The van der Waals surface area contributed by atoms with Crippen LogP contribution in [0.4, 0.5) is 5.82 Å². The number of anilines is 1. The lowest BCUT2D eigenvalue weighted by atomic mass is 10.00. The zero-order valence-electron chi connectivity index (χ0n) is 17.5. The third-order valence-electron chi connectivity index (χ3n) is 6.36. The lowest BCUT2D eigenvalue weighted by Crippen LogP contribution is -2.31. The maximum Gasteiger partial charge on any atom is 0.154 e. The molecule has 0 radical (unpaired) electrons. The number of hydrogen-bond donors (Lipinski definition) is 0. The summed E-state index contributed by atoms with van der Waals surface area (Å²) in [7, 11) is 0. The summed E-state index contributed by atoms with van der Waals surface area (Å²) in [5.41, 5.74) is 8.53. The molecule has 3 heteroatoms. The van der Waals surface area contributed by atoms with Crippen molar-refractivity contribution in [3.8, 4) is 12.3 Å². The van der Waals surface area contributed by atoms with Gasteiger partial charge in [-0.2, -0.15) is 0 Å². The molecule has 0 N–H and O–H groups in total. The molecule has 0 spiro atoms. The first-order valence-corrected chi connectivity index (χ1v) is 10.5. The highest BCUT2D eigenvalue weighted by atomic mass is 15.2. The molecule has 2 aromatic heterocycles. The number of aryl methyl sites for hydroxylation is 1. The first-order valence-electron chi connectivity index (χ1n) is 10.5. The van der Waals surface area contributed by atoms with Crippen LogP contribution in [0.25, 0.3) is 10.9 Å². The molecule has 2 aromatic carbocycles. The predicted octanol–water partition coefficient (Wildman–Crippen LogP) is 5.25. The maximum atomic E-state index is 5.80. The summed E-state index contributed by atoms with van der Waals surface area (Å²) in [4.78, 5) is 7.34. The monoisotopic (exact) mass is 391 g/mol. The van der Waals surface area contributed by atoms with Gasteiger partial charge in [-0.1, -0.05) is 60.5 Å². The Balaban J connectivity index is 1.69.